The second kappa shape index (κ2) is 5.40. The van der Waals surface area contributed by atoms with Gasteiger partial charge in [0, 0.05) is 6.61 Å². The number of hydrogen-bond acceptors (Lipinski definition) is 2. The largest absolute Gasteiger partial charge is 0.396 e. The standard InChI is InChI=1S/C11H22O2/c1-9(2)7-10(13)8-11(3,4)5-6-12/h7,10,12-13H,5-6,8H2,1-4H3. The minimum absolute atomic E-state index is 0.0140. The highest BCUT2D eigenvalue weighted by Crippen LogP contribution is 2.26. The van der Waals surface area contributed by atoms with E-state index in [-0.39, 0.29) is 18.1 Å². The fourth-order valence-corrected chi connectivity index (χ4v) is 1.41. The summed E-state index contributed by atoms with van der Waals surface area (Å²) >= 11 is 0. The molecular weight excluding hydrogens is 164 g/mol. The van der Waals surface area contributed by atoms with Gasteiger partial charge in [-0.1, -0.05) is 25.5 Å². The lowest BCUT2D eigenvalue weighted by atomic mass is 9.83. The van der Waals surface area contributed by atoms with E-state index in [2.05, 4.69) is 13.8 Å². The third-order valence-corrected chi connectivity index (χ3v) is 2.08. The van der Waals surface area contributed by atoms with Crippen LogP contribution >= 0.6 is 0 Å². The van der Waals surface area contributed by atoms with Gasteiger partial charge in [0.2, 0.25) is 0 Å². The molecule has 0 amide bonds. The first-order valence-corrected chi connectivity index (χ1v) is 4.81. The lowest BCUT2D eigenvalue weighted by molar-refractivity contribution is 0.126. The van der Waals surface area contributed by atoms with E-state index in [9.17, 15) is 5.11 Å². The number of rotatable bonds is 5. The van der Waals surface area contributed by atoms with Crippen molar-refractivity contribution in [2.45, 2.75) is 46.6 Å². The molecule has 0 aromatic rings. The molecule has 0 saturated heterocycles. The van der Waals surface area contributed by atoms with Gasteiger partial charge in [0.15, 0.2) is 0 Å². The summed E-state index contributed by atoms with van der Waals surface area (Å²) in [6, 6.07) is 0. The molecule has 0 bridgehead atoms. The molecule has 0 aliphatic rings. The van der Waals surface area contributed by atoms with E-state index >= 15 is 0 Å². The molecule has 0 aromatic heterocycles. The van der Waals surface area contributed by atoms with E-state index in [1.807, 2.05) is 19.9 Å². The molecule has 2 nitrogen and oxygen atoms in total. The van der Waals surface area contributed by atoms with Crippen LogP contribution in [0.3, 0.4) is 0 Å². The van der Waals surface area contributed by atoms with E-state index in [1.165, 1.54) is 0 Å². The van der Waals surface area contributed by atoms with Crippen molar-refractivity contribution in [3.8, 4) is 0 Å². The first-order valence-electron chi connectivity index (χ1n) is 4.81. The molecule has 2 N–H and O–H groups in total. The fourth-order valence-electron chi connectivity index (χ4n) is 1.41. The van der Waals surface area contributed by atoms with E-state index in [4.69, 9.17) is 5.11 Å². The third-order valence-electron chi connectivity index (χ3n) is 2.08. The summed E-state index contributed by atoms with van der Waals surface area (Å²) in [4.78, 5) is 0. The quantitative estimate of drug-likeness (QED) is 0.646. The Kier molecular flexibility index (Phi) is 5.26. The Morgan fingerprint density at radius 3 is 2.31 bits per heavy atom. The Bertz CT molecular complexity index is 167. The van der Waals surface area contributed by atoms with Crippen LogP contribution in [0.25, 0.3) is 0 Å². The molecule has 13 heavy (non-hydrogen) atoms. The minimum Gasteiger partial charge on any atom is -0.396 e. The van der Waals surface area contributed by atoms with Gasteiger partial charge in [0.05, 0.1) is 6.10 Å². The first kappa shape index (κ1) is 12.7. The Morgan fingerprint density at radius 2 is 1.92 bits per heavy atom. The Labute approximate surface area is 81.3 Å². The first-order chi connectivity index (χ1) is 5.87. The van der Waals surface area contributed by atoms with Crippen molar-refractivity contribution in [2.24, 2.45) is 5.41 Å². The molecule has 0 heterocycles. The van der Waals surface area contributed by atoms with Crippen molar-refractivity contribution >= 4 is 0 Å². The van der Waals surface area contributed by atoms with Gasteiger partial charge < -0.3 is 10.2 Å². The molecule has 0 aliphatic carbocycles. The number of aliphatic hydroxyl groups is 2. The molecule has 1 unspecified atom stereocenters. The summed E-state index contributed by atoms with van der Waals surface area (Å²) in [7, 11) is 0. The van der Waals surface area contributed by atoms with Crippen molar-refractivity contribution in [1.29, 1.82) is 0 Å². The highest BCUT2D eigenvalue weighted by Gasteiger charge is 2.20. The van der Waals surface area contributed by atoms with Crippen LogP contribution in [0, 0.1) is 5.41 Å². The van der Waals surface area contributed by atoms with E-state index in [1.54, 1.807) is 0 Å². The number of allylic oxidation sites excluding steroid dienone is 1. The average molecular weight is 186 g/mol. The van der Waals surface area contributed by atoms with E-state index < -0.39 is 0 Å². The van der Waals surface area contributed by atoms with Gasteiger partial charge in [-0.2, -0.15) is 0 Å². The molecular formula is C11H22O2. The van der Waals surface area contributed by atoms with Gasteiger partial charge in [0.1, 0.15) is 0 Å². The van der Waals surface area contributed by atoms with Crippen LogP contribution in [0.5, 0.6) is 0 Å². The van der Waals surface area contributed by atoms with Crippen LogP contribution in [0.1, 0.15) is 40.5 Å². The molecule has 0 rings (SSSR count). The third kappa shape index (κ3) is 6.79. The van der Waals surface area contributed by atoms with Crippen LogP contribution in [-0.4, -0.2) is 22.9 Å². The van der Waals surface area contributed by atoms with Gasteiger partial charge in [-0.25, -0.2) is 0 Å². The summed E-state index contributed by atoms with van der Waals surface area (Å²) < 4.78 is 0. The van der Waals surface area contributed by atoms with Gasteiger partial charge in [-0.05, 0) is 32.1 Å². The zero-order valence-electron chi connectivity index (χ0n) is 9.17. The van der Waals surface area contributed by atoms with Crippen LogP contribution in [-0.2, 0) is 0 Å². The Balaban J connectivity index is 4.03. The van der Waals surface area contributed by atoms with Gasteiger partial charge in [-0.3, -0.25) is 0 Å². The van der Waals surface area contributed by atoms with Crippen molar-refractivity contribution in [3.05, 3.63) is 11.6 Å². The molecule has 0 aromatic carbocycles. The Hall–Kier alpha value is -0.340. The predicted molar refractivity (Wildman–Crippen MR) is 55.5 cm³/mol. The number of aliphatic hydroxyl groups excluding tert-OH is 2. The maximum absolute atomic E-state index is 9.62. The molecule has 0 aliphatic heterocycles. The van der Waals surface area contributed by atoms with Crippen molar-refractivity contribution in [1.82, 2.24) is 0 Å². The summed E-state index contributed by atoms with van der Waals surface area (Å²) in [6.45, 7) is 8.26. The summed E-state index contributed by atoms with van der Waals surface area (Å²) in [5.74, 6) is 0. The second-order valence-corrected chi connectivity index (χ2v) is 4.65. The van der Waals surface area contributed by atoms with Gasteiger partial charge in [-0.15, -0.1) is 0 Å². The highest BCUT2D eigenvalue weighted by atomic mass is 16.3. The van der Waals surface area contributed by atoms with E-state index in [0.29, 0.717) is 6.42 Å². The van der Waals surface area contributed by atoms with Crippen LogP contribution in [0.15, 0.2) is 11.6 Å². The molecule has 0 radical (unpaired) electrons. The molecule has 78 valence electrons. The van der Waals surface area contributed by atoms with Gasteiger partial charge >= 0.3 is 0 Å². The lowest BCUT2D eigenvalue weighted by Crippen LogP contribution is -2.20. The normalized spacial score (nSPS) is 14.0. The SMILES string of the molecule is CC(C)=CC(O)CC(C)(C)CCO. The predicted octanol–water partition coefficient (Wildman–Crippen LogP) is 2.11. The molecule has 2 heteroatoms. The lowest BCUT2D eigenvalue weighted by Gasteiger charge is -2.25. The zero-order valence-corrected chi connectivity index (χ0v) is 9.17. The second-order valence-electron chi connectivity index (χ2n) is 4.65. The maximum atomic E-state index is 9.62. The minimum atomic E-state index is -0.383. The van der Waals surface area contributed by atoms with Crippen molar-refractivity contribution in [2.75, 3.05) is 6.61 Å². The highest BCUT2D eigenvalue weighted by molar-refractivity contribution is 4.99. The van der Waals surface area contributed by atoms with Crippen LogP contribution in [0.4, 0.5) is 0 Å². The fraction of sp³-hybridized carbons (Fsp3) is 0.818. The number of hydrogen-bond donors (Lipinski definition) is 2. The zero-order chi connectivity index (χ0) is 10.5. The molecule has 1 atom stereocenters. The average Bonchev–Trinajstić information content (AvgIpc) is 1.81. The molecule has 0 saturated carbocycles. The Morgan fingerprint density at radius 1 is 1.38 bits per heavy atom. The molecule has 0 fully saturated rings. The summed E-state index contributed by atoms with van der Waals surface area (Å²) in [6.07, 6.45) is 2.92. The maximum Gasteiger partial charge on any atom is 0.0728 e. The van der Waals surface area contributed by atoms with Crippen LogP contribution < -0.4 is 0 Å². The van der Waals surface area contributed by atoms with Crippen LogP contribution in [0.2, 0.25) is 0 Å². The smallest absolute Gasteiger partial charge is 0.0728 e. The van der Waals surface area contributed by atoms with E-state index in [0.717, 1.165) is 12.0 Å². The molecule has 0 spiro atoms. The van der Waals surface area contributed by atoms with Crippen molar-refractivity contribution < 1.29 is 10.2 Å². The van der Waals surface area contributed by atoms with Crippen molar-refractivity contribution in [3.63, 3.8) is 0 Å². The summed E-state index contributed by atoms with van der Waals surface area (Å²) in [5.41, 5.74) is 1.15. The monoisotopic (exact) mass is 186 g/mol. The van der Waals surface area contributed by atoms with Gasteiger partial charge in [0.25, 0.3) is 0 Å². The topological polar surface area (TPSA) is 40.5 Å². The summed E-state index contributed by atoms with van der Waals surface area (Å²) in [5, 5.41) is 18.4.